The van der Waals surface area contributed by atoms with Crippen LogP contribution in [0.5, 0.6) is 0 Å². The molecule has 0 radical (unpaired) electrons. The van der Waals surface area contributed by atoms with Gasteiger partial charge in [0.1, 0.15) is 0 Å². The van der Waals surface area contributed by atoms with Crippen LogP contribution in [-0.4, -0.2) is 42.5 Å². The number of carbonyl (C=O) groups is 2. The lowest BCUT2D eigenvalue weighted by Crippen LogP contribution is -2.49. The summed E-state index contributed by atoms with van der Waals surface area (Å²) in [5.41, 5.74) is 1.46. The van der Waals surface area contributed by atoms with Gasteiger partial charge in [-0.05, 0) is 81.2 Å². The number of benzene rings is 2. The van der Waals surface area contributed by atoms with Crippen molar-refractivity contribution in [2.24, 2.45) is 5.92 Å². The highest BCUT2D eigenvalue weighted by atomic mass is 35.5. The third kappa shape index (κ3) is 5.40. The summed E-state index contributed by atoms with van der Waals surface area (Å²) < 4.78 is 5.65. The van der Waals surface area contributed by atoms with Crippen LogP contribution in [0.1, 0.15) is 52.8 Å². The lowest BCUT2D eigenvalue weighted by molar-refractivity contribution is 0.00739. The first-order chi connectivity index (χ1) is 15.0. The van der Waals surface area contributed by atoms with E-state index in [1.165, 1.54) is 44.8 Å². The average molecular weight is 461 g/mol. The Morgan fingerprint density at radius 2 is 1.68 bits per heavy atom. The predicted octanol–water partition coefficient (Wildman–Crippen LogP) is 5.67. The fraction of sp³-hybridized carbons (Fsp3) is 0.417. The molecule has 2 atom stereocenters. The molecular formula is C24H26Cl2N2O3. The van der Waals surface area contributed by atoms with Gasteiger partial charge in [-0.3, -0.25) is 9.69 Å². The van der Waals surface area contributed by atoms with E-state index in [4.69, 9.17) is 27.9 Å². The van der Waals surface area contributed by atoms with Crippen molar-refractivity contribution in [1.29, 1.82) is 0 Å². The molecular weight excluding hydrogens is 435 g/mol. The number of ether oxygens (including phenoxy) is 1. The van der Waals surface area contributed by atoms with E-state index < -0.39 is 0 Å². The number of fused-ring (bicyclic) bond motifs is 1. The molecule has 164 valence electrons. The average Bonchev–Trinajstić information content (AvgIpc) is 2.79. The van der Waals surface area contributed by atoms with Gasteiger partial charge >= 0.3 is 5.97 Å². The summed E-state index contributed by atoms with van der Waals surface area (Å²) in [6, 6.07) is 12.0. The normalized spacial score (nSPS) is 21.2. The van der Waals surface area contributed by atoms with Crippen LogP contribution in [0.4, 0.5) is 5.69 Å². The number of carbonyl (C=O) groups excluding carboxylic acids is 2. The largest absolute Gasteiger partial charge is 0.462 e. The molecule has 5 nitrogen and oxygen atoms in total. The first-order valence-corrected chi connectivity index (χ1v) is 11.5. The van der Waals surface area contributed by atoms with Crippen molar-refractivity contribution < 1.29 is 14.3 Å². The van der Waals surface area contributed by atoms with E-state index in [1.807, 2.05) is 0 Å². The van der Waals surface area contributed by atoms with Crippen molar-refractivity contribution in [3.63, 3.8) is 0 Å². The Balaban J connectivity index is 1.31. The summed E-state index contributed by atoms with van der Waals surface area (Å²) >= 11 is 11.9. The molecule has 2 aromatic rings. The van der Waals surface area contributed by atoms with Crippen LogP contribution in [0.25, 0.3) is 0 Å². The summed E-state index contributed by atoms with van der Waals surface area (Å²) in [6.07, 6.45) is 6.04. The second-order valence-electron chi connectivity index (χ2n) is 8.26. The quantitative estimate of drug-likeness (QED) is 0.584. The number of amides is 1. The maximum absolute atomic E-state index is 12.5. The van der Waals surface area contributed by atoms with Crippen LogP contribution in [0.2, 0.25) is 10.0 Å². The summed E-state index contributed by atoms with van der Waals surface area (Å²) in [6.45, 7) is 2.81. The molecule has 1 amide bonds. The number of nitrogens with zero attached hydrogens (tertiary/aromatic N) is 1. The number of hydrogen-bond donors (Lipinski definition) is 1. The van der Waals surface area contributed by atoms with E-state index in [0.29, 0.717) is 45.4 Å². The Morgan fingerprint density at radius 1 is 0.935 bits per heavy atom. The fourth-order valence-corrected chi connectivity index (χ4v) is 4.87. The van der Waals surface area contributed by atoms with E-state index in [2.05, 4.69) is 10.2 Å². The van der Waals surface area contributed by atoms with Gasteiger partial charge in [0, 0.05) is 23.2 Å². The summed E-state index contributed by atoms with van der Waals surface area (Å²) in [7, 11) is 0. The maximum Gasteiger partial charge on any atom is 0.338 e. The van der Waals surface area contributed by atoms with Crippen molar-refractivity contribution in [2.75, 3.05) is 25.0 Å². The highest BCUT2D eigenvalue weighted by molar-refractivity contribution is 6.42. The van der Waals surface area contributed by atoms with E-state index in [-0.39, 0.29) is 11.9 Å². The minimum Gasteiger partial charge on any atom is -0.462 e. The number of anilines is 1. The standard InChI is InChI=1S/C24H26Cl2N2O3/c25-20-11-8-17(14-21(20)26)23(29)27-19-9-6-16(7-10-19)24(30)31-15-18-4-3-13-28-12-2-1-5-22(18)28/h6-11,14,18,22H,1-5,12-13,15H2,(H,27,29)/t18-,22+/m1/s1. The van der Waals surface area contributed by atoms with Gasteiger partial charge in [0.05, 0.1) is 22.2 Å². The van der Waals surface area contributed by atoms with Crippen molar-refractivity contribution in [1.82, 2.24) is 4.90 Å². The molecule has 2 fully saturated rings. The molecule has 0 aromatic heterocycles. The SMILES string of the molecule is O=C(Nc1ccc(C(=O)OC[C@H]2CCCN3CCCC[C@@H]23)cc1)c1ccc(Cl)c(Cl)c1. The number of nitrogens with one attached hydrogen (secondary N) is 1. The molecule has 2 heterocycles. The lowest BCUT2D eigenvalue weighted by atomic mass is 9.84. The highest BCUT2D eigenvalue weighted by Gasteiger charge is 2.33. The van der Waals surface area contributed by atoms with Gasteiger partial charge in [-0.1, -0.05) is 29.6 Å². The minimum atomic E-state index is -0.324. The number of esters is 1. The molecule has 0 bridgehead atoms. The Morgan fingerprint density at radius 3 is 2.45 bits per heavy atom. The highest BCUT2D eigenvalue weighted by Crippen LogP contribution is 2.31. The molecule has 2 saturated heterocycles. The summed E-state index contributed by atoms with van der Waals surface area (Å²) in [5.74, 6) is -0.207. The van der Waals surface area contributed by atoms with E-state index in [1.54, 1.807) is 36.4 Å². The Hall–Kier alpha value is -2.08. The van der Waals surface area contributed by atoms with Crippen LogP contribution in [0.3, 0.4) is 0 Å². The lowest BCUT2D eigenvalue weighted by Gasteiger charge is -2.44. The molecule has 4 rings (SSSR count). The first-order valence-electron chi connectivity index (χ1n) is 10.8. The van der Waals surface area contributed by atoms with Crippen LogP contribution >= 0.6 is 23.2 Å². The van der Waals surface area contributed by atoms with Gasteiger partial charge < -0.3 is 10.1 Å². The smallest absolute Gasteiger partial charge is 0.338 e. The first kappa shape index (κ1) is 22.1. The number of rotatable bonds is 5. The monoisotopic (exact) mass is 460 g/mol. The molecule has 31 heavy (non-hydrogen) atoms. The molecule has 2 aliphatic rings. The van der Waals surface area contributed by atoms with Gasteiger partial charge in [0.2, 0.25) is 0 Å². The van der Waals surface area contributed by atoms with Crippen LogP contribution < -0.4 is 5.32 Å². The zero-order valence-corrected chi connectivity index (χ0v) is 18.8. The molecule has 7 heteroatoms. The predicted molar refractivity (Wildman–Crippen MR) is 123 cm³/mol. The molecule has 0 unspecified atom stereocenters. The molecule has 0 saturated carbocycles. The molecule has 1 N–H and O–H groups in total. The van der Waals surface area contributed by atoms with Gasteiger partial charge in [0.15, 0.2) is 0 Å². The van der Waals surface area contributed by atoms with Crippen molar-refractivity contribution in [3.8, 4) is 0 Å². The molecule has 2 aromatic carbocycles. The van der Waals surface area contributed by atoms with Crippen molar-refractivity contribution >= 4 is 40.8 Å². The van der Waals surface area contributed by atoms with E-state index >= 15 is 0 Å². The maximum atomic E-state index is 12.5. The zero-order chi connectivity index (χ0) is 21.8. The second kappa shape index (κ2) is 10.0. The minimum absolute atomic E-state index is 0.303. The van der Waals surface area contributed by atoms with Gasteiger partial charge in [-0.15, -0.1) is 0 Å². The number of halogens is 2. The molecule has 0 spiro atoms. The van der Waals surface area contributed by atoms with E-state index in [9.17, 15) is 9.59 Å². The zero-order valence-electron chi connectivity index (χ0n) is 17.3. The third-order valence-corrected chi connectivity index (χ3v) is 6.96. The van der Waals surface area contributed by atoms with Crippen LogP contribution in [0.15, 0.2) is 42.5 Å². The third-order valence-electron chi connectivity index (χ3n) is 6.22. The Bertz CT molecular complexity index is 946. The topological polar surface area (TPSA) is 58.6 Å². The Kier molecular flexibility index (Phi) is 7.16. The Labute approximate surface area is 192 Å². The molecule has 2 aliphatic heterocycles. The molecule has 0 aliphatic carbocycles. The van der Waals surface area contributed by atoms with Gasteiger partial charge in [-0.2, -0.15) is 0 Å². The summed E-state index contributed by atoms with van der Waals surface area (Å²) in [5, 5.41) is 3.50. The summed E-state index contributed by atoms with van der Waals surface area (Å²) in [4.78, 5) is 27.5. The van der Waals surface area contributed by atoms with Crippen molar-refractivity contribution in [2.45, 2.75) is 38.1 Å². The number of piperidine rings is 2. The van der Waals surface area contributed by atoms with Gasteiger partial charge in [-0.25, -0.2) is 4.79 Å². The van der Waals surface area contributed by atoms with Gasteiger partial charge in [0.25, 0.3) is 5.91 Å². The fourth-order valence-electron chi connectivity index (χ4n) is 4.57. The van der Waals surface area contributed by atoms with Crippen LogP contribution in [0, 0.1) is 5.92 Å². The second-order valence-corrected chi connectivity index (χ2v) is 9.07. The number of hydrogen-bond acceptors (Lipinski definition) is 4. The van der Waals surface area contributed by atoms with Crippen molar-refractivity contribution in [3.05, 3.63) is 63.6 Å². The van der Waals surface area contributed by atoms with Crippen LogP contribution in [-0.2, 0) is 4.74 Å². The van der Waals surface area contributed by atoms with E-state index in [0.717, 1.165) is 6.42 Å².